The highest BCUT2D eigenvalue weighted by atomic mass is 16.5. The van der Waals surface area contributed by atoms with Gasteiger partial charge < -0.3 is 20.3 Å². The number of rotatable bonds is 5. The van der Waals surface area contributed by atoms with Gasteiger partial charge in [-0.15, -0.1) is 0 Å². The van der Waals surface area contributed by atoms with E-state index in [2.05, 4.69) is 20.8 Å². The maximum absolute atomic E-state index is 11.4. The third-order valence-corrected chi connectivity index (χ3v) is 3.28. The molecule has 0 bridgehead atoms. The van der Waals surface area contributed by atoms with Gasteiger partial charge in [0.15, 0.2) is 11.5 Å². The van der Waals surface area contributed by atoms with Gasteiger partial charge in [0.2, 0.25) is 0 Å². The van der Waals surface area contributed by atoms with Crippen molar-refractivity contribution in [2.24, 2.45) is 5.73 Å². The second-order valence-corrected chi connectivity index (χ2v) is 5.68. The van der Waals surface area contributed by atoms with Crippen LogP contribution in [-0.4, -0.2) is 31.8 Å². The van der Waals surface area contributed by atoms with Gasteiger partial charge in [0.1, 0.15) is 0 Å². The Balaban J connectivity index is 3.57. The molecule has 0 saturated carbocycles. The van der Waals surface area contributed by atoms with Crippen molar-refractivity contribution in [2.75, 3.05) is 20.8 Å². The lowest BCUT2D eigenvalue weighted by molar-refractivity contribution is -0.138. The predicted molar refractivity (Wildman–Crippen MR) is 77.7 cm³/mol. The molecule has 1 unspecified atom stereocenters. The van der Waals surface area contributed by atoms with Crippen molar-refractivity contribution in [3.63, 3.8) is 0 Å². The number of nitrogens with two attached hydrogens (primary N) is 1. The van der Waals surface area contributed by atoms with Crippen molar-refractivity contribution in [2.45, 2.75) is 32.1 Å². The van der Waals surface area contributed by atoms with Crippen molar-refractivity contribution < 1.29 is 19.4 Å². The minimum atomic E-state index is -0.973. The molecule has 5 nitrogen and oxygen atoms in total. The summed E-state index contributed by atoms with van der Waals surface area (Å²) >= 11 is 0. The molecule has 0 radical (unpaired) electrons. The van der Waals surface area contributed by atoms with Crippen LogP contribution in [0.3, 0.4) is 0 Å². The average molecular weight is 281 g/mol. The summed E-state index contributed by atoms with van der Waals surface area (Å²) in [6.45, 7) is 6.16. The maximum Gasteiger partial charge on any atom is 0.312 e. The quantitative estimate of drug-likeness (QED) is 0.864. The van der Waals surface area contributed by atoms with Crippen molar-refractivity contribution in [1.82, 2.24) is 0 Å². The first-order valence-corrected chi connectivity index (χ1v) is 6.45. The third-order valence-electron chi connectivity index (χ3n) is 3.28. The molecule has 1 rings (SSSR count). The fraction of sp³-hybridized carbons (Fsp3) is 0.533. The smallest absolute Gasteiger partial charge is 0.312 e. The van der Waals surface area contributed by atoms with Crippen LogP contribution in [-0.2, 0) is 10.2 Å². The lowest BCUT2D eigenvalue weighted by atomic mass is 9.83. The van der Waals surface area contributed by atoms with E-state index in [1.165, 1.54) is 14.2 Å². The van der Waals surface area contributed by atoms with Gasteiger partial charge in [0, 0.05) is 12.1 Å². The summed E-state index contributed by atoms with van der Waals surface area (Å²) in [5.74, 6) is -0.840. The van der Waals surface area contributed by atoms with Crippen LogP contribution in [0.5, 0.6) is 11.5 Å². The molecule has 0 aliphatic heterocycles. The monoisotopic (exact) mass is 281 g/mol. The summed E-state index contributed by atoms with van der Waals surface area (Å²) in [5.41, 5.74) is 6.99. The molecule has 0 amide bonds. The van der Waals surface area contributed by atoms with Gasteiger partial charge in [-0.2, -0.15) is 0 Å². The molecular weight excluding hydrogens is 258 g/mol. The normalized spacial score (nSPS) is 12.9. The number of methoxy groups -OCH3 is 2. The first kappa shape index (κ1) is 16.3. The zero-order valence-electron chi connectivity index (χ0n) is 12.7. The Bertz CT molecular complexity index is 491. The molecule has 0 saturated heterocycles. The van der Waals surface area contributed by atoms with Gasteiger partial charge in [-0.3, -0.25) is 4.79 Å². The molecule has 1 atom stereocenters. The molecule has 0 fully saturated rings. The Morgan fingerprint density at radius 3 is 2.25 bits per heavy atom. The SMILES string of the molecule is COc1cc(C(C)(C)C)cc(C(CN)C(=O)O)c1OC. The molecule has 1 aromatic rings. The van der Waals surface area contributed by atoms with E-state index in [0.29, 0.717) is 17.1 Å². The lowest BCUT2D eigenvalue weighted by Crippen LogP contribution is -2.23. The van der Waals surface area contributed by atoms with Crippen LogP contribution in [0.2, 0.25) is 0 Å². The van der Waals surface area contributed by atoms with Crippen LogP contribution in [0.25, 0.3) is 0 Å². The van der Waals surface area contributed by atoms with Crippen molar-refractivity contribution in [3.05, 3.63) is 23.3 Å². The number of aliphatic carboxylic acids is 1. The van der Waals surface area contributed by atoms with E-state index in [4.69, 9.17) is 15.2 Å². The number of hydrogen-bond acceptors (Lipinski definition) is 4. The lowest BCUT2D eigenvalue weighted by Gasteiger charge is -2.24. The Morgan fingerprint density at radius 2 is 1.90 bits per heavy atom. The largest absolute Gasteiger partial charge is 0.493 e. The third kappa shape index (κ3) is 3.22. The van der Waals surface area contributed by atoms with Crippen LogP contribution < -0.4 is 15.2 Å². The first-order valence-electron chi connectivity index (χ1n) is 6.45. The van der Waals surface area contributed by atoms with E-state index in [1.54, 1.807) is 0 Å². The first-order chi connectivity index (χ1) is 9.26. The molecule has 5 heteroatoms. The standard InChI is InChI=1S/C15H23NO4/c1-15(2,3)9-6-10(11(8-16)14(17)18)13(20-5)12(7-9)19-4/h6-7,11H,8,16H2,1-5H3,(H,17,18). The summed E-state index contributed by atoms with van der Waals surface area (Å²) in [5, 5.41) is 9.33. The Morgan fingerprint density at radius 1 is 1.30 bits per heavy atom. The Labute approximate surface area is 119 Å². The van der Waals surface area contributed by atoms with Gasteiger partial charge in [-0.25, -0.2) is 0 Å². The van der Waals surface area contributed by atoms with E-state index in [0.717, 1.165) is 5.56 Å². The van der Waals surface area contributed by atoms with Gasteiger partial charge in [-0.05, 0) is 17.0 Å². The number of carboxylic acids is 1. The molecule has 20 heavy (non-hydrogen) atoms. The summed E-state index contributed by atoms with van der Waals surface area (Å²) in [4.78, 5) is 11.4. The van der Waals surface area contributed by atoms with Gasteiger partial charge in [0.05, 0.1) is 20.1 Å². The summed E-state index contributed by atoms with van der Waals surface area (Å²) in [7, 11) is 3.03. The topological polar surface area (TPSA) is 81.8 Å². The van der Waals surface area contributed by atoms with E-state index in [9.17, 15) is 9.90 Å². The molecule has 0 spiro atoms. The zero-order chi connectivity index (χ0) is 15.5. The highest BCUT2D eigenvalue weighted by Gasteiger charge is 2.27. The Kier molecular flexibility index (Phi) is 5.00. The van der Waals surface area contributed by atoms with E-state index < -0.39 is 11.9 Å². The zero-order valence-corrected chi connectivity index (χ0v) is 12.7. The van der Waals surface area contributed by atoms with Crippen LogP contribution >= 0.6 is 0 Å². The van der Waals surface area contributed by atoms with Crippen molar-refractivity contribution >= 4 is 5.97 Å². The molecule has 112 valence electrons. The van der Waals surface area contributed by atoms with Gasteiger partial charge in [0.25, 0.3) is 0 Å². The second-order valence-electron chi connectivity index (χ2n) is 5.68. The predicted octanol–water partition coefficient (Wildman–Crippen LogP) is 2.13. The molecule has 3 N–H and O–H groups in total. The minimum Gasteiger partial charge on any atom is -0.493 e. The van der Waals surface area contributed by atoms with Crippen molar-refractivity contribution in [1.29, 1.82) is 0 Å². The van der Waals surface area contributed by atoms with Crippen LogP contribution in [0, 0.1) is 0 Å². The highest BCUT2D eigenvalue weighted by molar-refractivity contribution is 5.78. The molecule has 0 aliphatic carbocycles. The summed E-state index contributed by atoms with van der Waals surface area (Å²) in [6.07, 6.45) is 0. The number of carbonyl (C=O) groups is 1. The molecular formula is C15H23NO4. The number of benzene rings is 1. The van der Waals surface area contributed by atoms with Crippen LogP contribution in [0.4, 0.5) is 0 Å². The average Bonchev–Trinajstić information content (AvgIpc) is 2.36. The Hall–Kier alpha value is -1.75. The number of ether oxygens (including phenoxy) is 2. The van der Waals surface area contributed by atoms with E-state index >= 15 is 0 Å². The van der Waals surface area contributed by atoms with E-state index in [1.807, 2.05) is 12.1 Å². The number of hydrogen-bond donors (Lipinski definition) is 2. The summed E-state index contributed by atoms with van der Waals surface area (Å²) < 4.78 is 10.7. The van der Waals surface area contributed by atoms with Gasteiger partial charge in [-0.1, -0.05) is 26.8 Å². The molecule has 0 aromatic heterocycles. The number of carboxylic acid groups (broad SMARTS) is 1. The second kappa shape index (κ2) is 6.13. The highest BCUT2D eigenvalue weighted by Crippen LogP contribution is 2.39. The molecule has 1 aromatic carbocycles. The van der Waals surface area contributed by atoms with Crippen LogP contribution in [0.1, 0.15) is 37.8 Å². The molecule has 0 heterocycles. The van der Waals surface area contributed by atoms with Crippen LogP contribution in [0.15, 0.2) is 12.1 Å². The fourth-order valence-corrected chi connectivity index (χ4v) is 2.05. The molecule has 0 aliphatic rings. The minimum absolute atomic E-state index is 0.00242. The summed E-state index contributed by atoms with van der Waals surface area (Å²) in [6, 6.07) is 3.71. The van der Waals surface area contributed by atoms with Gasteiger partial charge >= 0.3 is 5.97 Å². The maximum atomic E-state index is 11.4. The fourth-order valence-electron chi connectivity index (χ4n) is 2.05. The van der Waals surface area contributed by atoms with E-state index in [-0.39, 0.29) is 12.0 Å². The van der Waals surface area contributed by atoms with Crippen molar-refractivity contribution in [3.8, 4) is 11.5 Å².